The number of piperidine rings is 1. The first-order valence-electron chi connectivity index (χ1n) is 7.48. The van der Waals surface area contributed by atoms with E-state index in [-0.39, 0.29) is 29.2 Å². The number of halogens is 2. The van der Waals surface area contributed by atoms with Crippen molar-refractivity contribution in [1.82, 2.24) is 25.6 Å². The van der Waals surface area contributed by atoms with Crippen LogP contribution in [-0.2, 0) is 6.54 Å². The van der Waals surface area contributed by atoms with Crippen molar-refractivity contribution in [3.8, 4) is 0 Å². The average Bonchev–Trinajstić information content (AvgIpc) is 3.06. The van der Waals surface area contributed by atoms with Crippen LogP contribution < -0.4 is 10.6 Å². The van der Waals surface area contributed by atoms with Gasteiger partial charge in [-0.3, -0.25) is 4.79 Å². The summed E-state index contributed by atoms with van der Waals surface area (Å²) < 4.78 is 14.9. The third-order valence-corrected chi connectivity index (χ3v) is 4.15. The number of aromatic nitrogens is 3. The molecule has 122 valence electrons. The van der Waals surface area contributed by atoms with Gasteiger partial charge in [0.15, 0.2) is 5.69 Å². The molecule has 0 saturated carbocycles. The summed E-state index contributed by atoms with van der Waals surface area (Å²) in [7, 11) is 0. The fourth-order valence-electron chi connectivity index (χ4n) is 2.55. The van der Waals surface area contributed by atoms with E-state index in [1.165, 1.54) is 12.1 Å². The summed E-state index contributed by atoms with van der Waals surface area (Å²) in [6.07, 6.45) is 3.61. The van der Waals surface area contributed by atoms with E-state index in [1.54, 1.807) is 16.9 Å². The Bertz CT molecular complexity index is 699. The number of nitrogens with one attached hydrogen (secondary N) is 2. The number of carbonyl (C=O) groups excluding carboxylic acids is 1. The number of benzene rings is 1. The standard InChI is InChI=1S/C15H17ClFN5O/c16-12-7-10(1-2-13(12)17)8-19-15(23)14-9-22(21-20-14)11-3-5-18-6-4-11/h1-2,7,9,11,18H,3-6,8H2,(H,19,23). The lowest BCUT2D eigenvalue weighted by atomic mass is 10.1. The molecule has 1 saturated heterocycles. The van der Waals surface area contributed by atoms with Gasteiger partial charge in [-0.15, -0.1) is 5.10 Å². The van der Waals surface area contributed by atoms with Crippen molar-refractivity contribution in [2.75, 3.05) is 13.1 Å². The molecule has 0 spiro atoms. The summed E-state index contributed by atoms with van der Waals surface area (Å²) in [6, 6.07) is 4.62. The van der Waals surface area contributed by atoms with Gasteiger partial charge >= 0.3 is 0 Å². The molecule has 2 aromatic rings. The molecule has 3 rings (SSSR count). The molecule has 8 heteroatoms. The highest BCUT2D eigenvalue weighted by Crippen LogP contribution is 2.17. The summed E-state index contributed by atoms with van der Waals surface area (Å²) in [6.45, 7) is 2.13. The molecule has 6 nitrogen and oxygen atoms in total. The van der Waals surface area contributed by atoms with Crippen LogP contribution in [0.3, 0.4) is 0 Å². The first-order chi connectivity index (χ1) is 11.1. The number of rotatable bonds is 4. The van der Waals surface area contributed by atoms with Crippen molar-refractivity contribution in [3.63, 3.8) is 0 Å². The Hall–Kier alpha value is -1.99. The molecule has 1 aromatic heterocycles. The highest BCUT2D eigenvalue weighted by atomic mass is 35.5. The lowest BCUT2D eigenvalue weighted by Crippen LogP contribution is -2.29. The molecule has 1 aliphatic rings. The van der Waals surface area contributed by atoms with Crippen molar-refractivity contribution in [1.29, 1.82) is 0 Å². The van der Waals surface area contributed by atoms with Crippen LogP contribution in [0.5, 0.6) is 0 Å². The Labute approximate surface area is 138 Å². The topological polar surface area (TPSA) is 71.8 Å². The predicted octanol–water partition coefficient (Wildman–Crippen LogP) is 1.93. The SMILES string of the molecule is O=C(NCc1ccc(F)c(Cl)c1)c1cn(C2CCNCC2)nn1. The summed E-state index contributed by atoms with van der Waals surface area (Å²) in [5.41, 5.74) is 0.993. The molecule has 0 bridgehead atoms. The Morgan fingerprint density at radius 2 is 2.22 bits per heavy atom. The second-order valence-electron chi connectivity index (χ2n) is 5.50. The molecular weight excluding hydrogens is 321 g/mol. The molecule has 0 atom stereocenters. The minimum absolute atomic E-state index is 0.0357. The van der Waals surface area contributed by atoms with E-state index in [4.69, 9.17) is 11.6 Å². The maximum Gasteiger partial charge on any atom is 0.273 e. The van der Waals surface area contributed by atoms with Gasteiger partial charge in [-0.05, 0) is 43.6 Å². The summed E-state index contributed by atoms with van der Waals surface area (Å²) in [5, 5.41) is 14.0. The van der Waals surface area contributed by atoms with Gasteiger partial charge in [0.1, 0.15) is 5.82 Å². The van der Waals surface area contributed by atoms with Crippen molar-refractivity contribution in [3.05, 3.63) is 46.5 Å². The van der Waals surface area contributed by atoms with Crippen LogP contribution in [0.25, 0.3) is 0 Å². The van der Waals surface area contributed by atoms with Crippen molar-refractivity contribution in [2.45, 2.75) is 25.4 Å². The zero-order chi connectivity index (χ0) is 16.2. The van der Waals surface area contributed by atoms with Crippen molar-refractivity contribution < 1.29 is 9.18 Å². The van der Waals surface area contributed by atoms with Gasteiger partial charge in [-0.2, -0.15) is 0 Å². The Morgan fingerprint density at radius 3 is 2.96 bits per heavy atom. The molecule has 1 aromatic carbocycles. The Kier molecular flexibility index (Phi) is 4.88. The fourth-order valence-corrected chi connectivity index (χ4v) is 2.76. The highest BCUT2D eigenvalue weighted by Gasteiger charge is 2.18. The monoisotopic (exact) mass is 337 g/mol. The summed E-state index contributed by atoms with van der Waals surface area (Å²) in [4.78, 5) is 12.1. The fraction of sp³-hybridized carbons (Fsp3) is 0.400. The van der Waals surface area contributed by atoms with E-state index in [0.717, 1.165) is 31.5 Å². The third-order valence-electron chi connectivity index (χ3n) is 3.86. The maximum absolute atomic E-state index is 13.1. The van der Waals surface area contributed by atoms with Gasteiger partial charge in [-0.25, -0.2) is 9.07 Å². The average molecular weight is 338 g/mol. The predicted molar refractivity (Wildman–Crippen MR) is 83.7 cm³/mol. The van der Waals surface area contributed by atoms with Crippen LogP contribution >= 0.6 is 11.6 Å². The van der Waals surface area contributed by atoms with Gasteiger partial charge in [-0.1, -0.05) is 22.9 Å². The van der Waals surface area contributed by atoms with Crippen LogP contribution in [0.15, 0.2) is 24.4 Å². The number of hydrogen-bond donors (Lipinski definition) is 2. The van der Waals surface area contributed by atoms with E-state index in [1.807, 2.05) is 0 Å². The van der Waals surface area contributed by atoms with E-state index < -0.39 is 5.82 Å². The molecule has 23 heavy (non-hydrogen) atoms. The van der Waals surface area contributed by atoms with E-state index in [9.17, 15) is 9.18 Å². The smallest absolute Gasteiger partial charge is 0.273 e. The molecule has 0 aliphatic carbocycles. The van der Waals surface area contributed by atoms with E-state index in [0.29, 0.717) is 0 Å². The molecule has 1 fully saturated rings. The van der Waals surface area contributed by atoms with Crippen LogP contribution in [0, 0.1) is 5.82 Å². The minimum atomic E-state index is -0.480. The quantitative estimate of drug-likeness (QED) is 0.894. The normalized spacial score (nSPS) is 15.6. The molecular formula is C15H17ClFN5O. The van der Waals surface area contributed by atoms with Crippen molar-refractivity contribution >= 4 is 17.5 Å². The zero-order valence-corrected chi connectivity index (χ0v) is 13.2. The largest absolute Gasteiger partial charge is 0.347 e. The first-order valence-corrected chi connectivity index (χ1v) is 7.86. The molecule has 0 unspecified atom stereocenters. The van der Waals surface area contributed by atoms with Crippen LogP contribution in [0.1, 0.15) is 34.9 Å². The van der Waals surface area contributed by atoms with Gasteiger partial charge in [0.05, 0.1) is 17.3 Å². The summed E-state index contributed by atoms with van der Waals surface area (Å²) >= 11 is 5.72. The highest BCUT2D eigenvalue weighted by molar-refractivity contribution is 6.30. The lowest BCUT2D eigenvalue weighted by molar-refractivity contribution is 0.0946. The molecule has 1 aliphatic heterocycles. The van der Waals surface area contributed by atoms with Crippen LogP contribution in [0.2, 0.25) is 5.02 Å². The maximum atomic E-state index is 13.1. The molecule has 2 N–H and O–H groups in total. The van der Waals surface area contributed by atoms with Gasteiger partial charge in [0.25, 0.3) is 5.91 Å². The van der Waals surface area contributed by atoms with E-state index >= 15 is 0 Å². The van der Waals surface area contributed by atoms with Crippen LogP contribution in [0.4, 0.5) is 4.39 Å². The second-order valence-corrected chi connectivity index (χ2v) is 5.90. The minimum Gasteiger partial charge on any atom is -0.347 e. The van der Waals surface area contributed by atoms with Gasteiger partial charge in [0.2, 0.25) is 0 Å². The first kappa shape index (κ1) is 15.9. The molecule has 2 heterocycles. The van der Waals surface area contributed by atoms with Crippen molar-refractivity contribution in [2.24, 2.45) is 0 Å². The number of amides is 1. The number of hydrogen-bond acceptors (Lipinski definition) is 4. The Balaban J connectivity index is 1.59. The number of carbonyl (C=O) groups is 1. The molecule has 0 radical (unpaired) electrons. The summed E-state index contributed by atoms with van der Waals surface area (Å²) in [5.74, 6) is -0.794. The zero-order valence-electron chi connectivity index (χ0n) is 12.4. The lowest BCUT2D eigenvalue weighted by Gasteiger charge is -2.22. The van der Waals surface area contributed by atoms with Gasteiger partial charge < -0.3 is 10.6 Å². The Morgan fingerprint density at radius 1 is 1.43 bits per heavy atom. The van der Waals surface area contributed by atoms with Gasteiger partial charge in [0, 0.05) is 6.54 Å². The number of nitrogens with zero attached hydrogens (tertiary/aromatic N) is 3. The van der Waals surface area contributed by atoms with E-state index in [2.05, 4.69) is 20.9 Å². The van der Waals surface area contributed by atoms with Crippen LogP contribution in [-0.4, -0.2) is 34.0 Å². The third kappa shape index (κ3) is 3.86. The second kappa shape index (κ2) is 7.06. The molecule has 1 amide bonds.